The number of ether oxygens (including phenoxy) is 2. The highest BCUT2D eigenvalue weighted by Gasteiger charge is 2.30. The van der Waals surface area contributed by atoms with Crippen molar-refractivity contribution in [2.45, 2.75) is 18.8 Å². The monoisotopic (exact) mass is 301 g/mol. The van der Waals surface area contributed by atoms with E-state index < -0.39 is 12.3 Å². The van der Waals surface area contributed by atoms with Crippen molar-refractivity contribution in [3.63, 3.8) is 0 Å². The predicted molar refractivity (Wildman–Crippen MR) is 76.0 cm³/mol. The molecule has 2 atom stereocenters. The average Bonchev–Trinajstić information content (AvgIpc) is 2.45. The fourth-order valence-corrected chi connectivity index (χ4v) is 2.34. The number of hydrogen-bond donors (Lipinski definition) is 2. The van der Waals surface area contributed by atoms with E-state index in [0.29, 0.717) is 36.9 Å². The van der Waals surface area contributed by atoms with Crippen LogP contribution in [0.15, 0.2) is 24.3 Å². The summed E-state index contributed by atoms with van der Waals surface area (Å²) in [5, 5.41) is 19.7. The van der Waals surface area contributed by atoms with Gasteiger partial charge in [-0.2, -0.15) is 0 Å². The van der Waals surface area contributed by atoms with Gasteiger partial charge in [0.2, 0.25) is 0 Å². The third-order valence-electron chi connectivity index (χ3n) is 3.23. The van der Waals surface area contributed by atoms with Gasteiger partial charge in [-0.15, -0.1) is 0 Å². The number of rotatable bonds is 6. The van der Waals surface area contributed by atoms with Crippen molar-refractivity contribution in [2.24, 2.45) is 0 Å². The van der Waals surface area contributed by atoms with E-state index in [9.17, 15) is 5.11 Å². The number of aliphatic hydroxyl groups excluding tert-OH is 2. The van der Waals surface area contributed by atoms with Crippen molar-refractivity contribution in [3.05, 3.63) is 29.3 Å². The second-order valence-corrected chi connectivity index (χ2v) is 5.14. The Morgan fingerprint density at radius 2 is 2.30 bits per heavy atom. The van der Waals surface area contributed by atoms with Crippen molar-refractivity contribution in [3.8, 4) is 5.75 Å². The number of aliphatic hydroxyl groups is 2. The highest BCUT2D eigenvalue weighted by molar-refractivity contribution is 6.30. The zero-order valence-corrected chi connectivity index (χ0v) is 12.0. The Morgan fingerprint density at radius 3 is 3.05 bits per heavy atom. The van der Waals surface area contributed by atoms with E-state index in [2.05, 4.69) is 0 Å². The summed E-state index contributed by atoms with van der Waals surface area (Å²) in [6.07, 6.45) is -0.477. The summed E-state index contributed by atoms with van der Waals surface area (Å²) in [5.74, 6) is 0.654. The molecule has 6 heteroatoms. The molecule has 1 heterocycles. The van der Waals surface area contributed by atoms with E-state index in [4.69, 9.17) is 26.2 Å². The summed E-state index contributed by atoms with van der Waals surface area (Å²) >= 11 is 5.88. The van der Waals surface area contributed by atoms with Crippen LogP contribution in [-0.2, 0) is 4.74 Å². The van der Waals surface area contributed by atoms with Gasteiger partial charge < -0.3 is 19.7 Å². The first-order valence-corrected chi connectivity index (χ1v) is 7.11. The van der Waals surface area contributed by atoms with Gasteiger partial charge in [0.1, 0.15) is 24.7 Å². The van der Waals surface area contributed by atoms with Crippen LogP contribution in [0.3, 0.4) is 0 Å². The fourth-order valence-electron chi connectivity index (χ4n) is 2.16. The molecular weight excluding hydrogens is 282 g/mol. The molecule has 0 amide bonds. The Balaban J connectivity index is 1.85. The van der Waals surface area contributed by atoms with Crippen LogP contribution in [-0.4, -0.2) is 60.4 Å². The molecule has 20 heavy (non-hydrogen) atoms. The summed E-state index contributed by atoms with van der Waals surface area (Å²) in [6.45, 7) is 2.24. The molecule has 1 saturated heterocycles. The molecule has 1 fully saturated rings. The summed E-state index contributed by atoms with van der Waals surface area (Å²) in [4.78, 5) is 1.89. The summed E-state index contributed by atoms with van der Waals surface area (Å²) in [7, 11) is 0. The smallest absolute Gasteiger partial charge is 0.137 e. The first-order chi connectivity index (χ1) is 9.70. The van der Waals surface area contributed by atoms with Crippen molar-refractivity contribution in [1.29, 1.82) is 0 Å². The Morgan fingerprint density at radius 1 is 1.45 bits per heavy atom. The van der Waals surface area contributed by atoms with Crippen LogP contribution < -0.4 is 4.74 Å². The lowest BCUT2D eigenvalue weighted by Crippen LogP contribution is -2.53. The maximum Gasteiger partial charge on any atom is 0.137 e. The second kappa shape index (κ2) is 7.81. The number of morpholine rings is 1. The van der Waals surface area contributed by atoms with Crippen LogP contribution in [0.1, 0.15) is 6.42 Å². The SMILES string of the molecule is OCCCN1CCOC(COc2cccc(Cl)c2)C1O. The molecule has 0 aliphatic carbocycles. The van der Waals surface area contributed by atoms with Crippen LogP contribution in [0.5, 0.6) is 5.75 Å². The Hall–Kier alpha value is -0.850. The fraction of sp³-hybridized carbons (Fsp3) is 0.571. The molecule has 0 bridgehead atoms. The van der Waals surface area contributed by atoms with Crippen molar-refractivity contribution >= 4 is 11.6 Å². The zero-order valence-electron chi connectivity index (χ0n) is 11.2. The molecule has 0 spiro atoms. The standard InChI is InChI=1S/C14H20ClNO4/c15-11-3-1-4-12(9-11)20-10-13-14(18)16(5-2-7-17)6-8-19-13/h1,3-4,9,13-14,17-18H,2,5-8,10H2. The topological polar surface area (TPSA) is 62.2 Å². The van der Waals surface area contributed by atoms with Crippen LogP contribution in [0, 0.1) is 0 Å². The second-order valence-electron chi connectivity index (χ2n) is 4.70. The minimum absolute atomic E-state index is 0.119. The Kier molecular flexibility index (Phi) is 6.06. The van der Waals surface area contributed by atoms with Gasteiger partial charge in [-0.1, -0.05) is 17.7 Å². The molecule has 0 radical (unpaired) electrons. The minimum atomic E-state index is -0.713. The number of nitrogens with zero attached hydrogens (tertiary/aromatic N) is 1. The van der Waals surface area contributed by atoms with E-state index in [0.717, 1.165) is 0 Å². The average molecular weight is 302 g/mol. The van der Waals surface area contributed by atoms with Gasteiger partial charge in [-0.05, 0) is 24.6 Å². The van der Waals surface area contributed by atoms with Crippen molar-refractivity contribution in [2.75, 3.05) is 32.9 Å². The van der Waals surface area contributed by atoms with Gasteiger partial charge in [0.15, 0.2) is 0 Å². The highest BCUT2D eigenvalue weighted by Crippen LogP contribution is 2.19. The number of halogens is 1. The van der Waals surface area contributed by atoms with E-state index in [-0.39, 0.29) is 13.2 Å². The maximum absolute atomic E-state index is 10.2. The third kappa shape index (κ3) is 4.33. The van der Waals surface area contributed by atoms with Gasteiger partial charge >= 0.3 is 0 Å². The molecule has 1 aromatic carbocycles. The predicted octanol–water partition coefficient (Wildman–Crippen LogP) is 1.12. The molecule has 0 saturated carbocycles. The number of hydrogen-bond acceptors (Lipinski definition) is 5. The van der Waals surface area contributed by atoms with Gasteiger partial charge in [-0.3, -0.25) is 4.90 Å². The summed E-state index contributed by atoms with van der Waals surface area (Å²) < 4.78 is 11.1. The molecule has 2 unspecified atom stereocenters. The van der Waals surface area contributed by atoms with Gasteiger partial charge in [-0.25, -0.2) is 0 Å². The maximum atomic E-state index is 10.2. The summed E-state index contributed by atoms with van der Waals surface area (Å²) in [6, 6.07) is 7.12. The Bertz CT molecular complexity index is 418. The van der Waals surface area contributed by atoms with E-state index in [1.54, 1.807) is 12.1 Å². The highest BCUT2D eigenvalue weighted by atomic mass is 35.5. The number of benzene rings is 1. The first-order valence-electron chi connectivity index (χ1n) is 6.73. The molecule has 1 aromatic rings. The third-order valence-corrected chi connectivity index (χ3v) is 3.47. The normalized spacial score (nSPS) is 23.8. The summed E-state index contributed by atoms with van der Waals surface area (Å²) in [5.41, 5.74) is 0. The lowest BCUT2D eigenvalue weighted by Gasteiger charge is -2.37. The zero-order chi connectivity index (χ0) is 14.4. The van der Waals surface area contributed by atoms with Gasteiger partial charge in [0, 0.05) is 24.7 Å². The van der Waals surface area contributed by atoms with Crippen LogP contribution in [0.4, 0.5) is 0 Å². The lowest BCUT2D eigenvalue weighted by molar-refractivity contribution is -0.166. The van der Waals surface area contributed by atoms with Gasteiger partial charge in [0.25, 0.3) is 0 Å². The Labute approximate surface area is 123 Å². The van der Waals surface area contributed by atoms with E-state index in [1.807, 2.05) is 17.0 Å². The molecule has 1 aliphatic heterocycles. The molecule has 0 aromatic heterocycles. The van der Waals surface area contributed by atoms with E-state index >= 15 is 0 Å². The van der Waals surface area contributed by atoms with E-state index in [1.165, 1.54) is 0 Å². The quantitative estimate of drug-likeness (QED) is 0.824. The van der Waals surface area contributed by atoms with Crippen molar-refractivity contribution < 1.29 is 19.7 Å². The molecular formula is C14H20ClNO4. The molecule has 2 N–H and O–H groups in total. The molecule has 2 rings (SSSR count). The largest absolute Gasteiger partial charge is 0.491 e. The first kappa shape index (κ1) is 15.5. The molecule has 5 nitrogen and oxygen atoms in total. The molecule has 112 valence electrons. The molecule has 1 aliphatic rings. The van der Waals surface area contributed by atoms with Crippen LogP contribution >= 0.6 is 11.6 Å². The lowest BCUT2D eigenvalue weighted by atomic mass is 10.2. The van der Waals surface area contributed by atoms with Gasteiger partial charge in [0.05, 0.1) is 6.61 Å². The van der Waals surface area contributed by atoms with Crippen molar-refractivity contribution in [1.82, 2.24) is 4.90 Å². The van der Waals surface area contributed by atoms with Crippen LogP contribution in [0.2, 0.25) is 5.02 Å². The van der Waals surface area contributed by atoms with Crippen LogP contribution in [0.25, 0.3) is 0 Å². The minimum Gasteiger partial charge on any atom is -0.491 e.